The van der Waals surface area contributed by atoms with Gasteiger partial charge in [0.25, 0.3) is 0 Å². The molecule has 5 rings (SSSR count). The molecule has 3 aliphatic heterocycles. The molecule has 9 unspecified atom stereocenters. The maximum atomic E-state index is 12.7. The van der Waals surface area contributed by atoms with Crippen LogP contribution in [-0.2, 0) is 39.7 Å². The lowest BCUT2D eigenvalue weighted by Gasteiger charge is -2.31. The number of epoxide rings is 3. The Morgan fingerprint density at radius 2 is 1.69 bits per heavy atom. The third-order valence-corrected chi connectivity index (χ3v) is 9.15. The van der Waals surface area contributed by atoms with Gasteiger partial charge in [0.2, 0.25) is 6.29 Å². The molecule has 3 saturated heterocycles. The number of benzene rings is 1. The first-order chi connectivity index (χ1) is 20.4. The summed E-state index contributed by atoms with van der Waals surface area (Å²) in [5.74, 6) is -1.19. The van der Waals surface area contributed by atoms with E-state index in [4.69, 9.17) is 28.4 Å². The zero-order chi connectivity index (χ0) is 29.5. The maximum absolute atomic E-state index is 12.7. The third kappa shape index (κ3) is 9.66. The monoisotopic (exact) mass is 588 g/mol. The molecule has 3 heterocycles. The molecule has 1 aliphatic carbocycles. The SMILES string of the molecule is COC(=O)C1CCC(C)CC1C(=O)OC(O)COc1cccc(CCCCCCCC2OC2CC2OC2CC2CO2)c1. The highest BCUT2D eigenvalue weighted by molar-refractivity contribution is 5.82. The third-order valence-electron chi connectivity index (χ3n) is 9.15. The number of hydrogen-bond donors (Lipinski definition) is 1. The standard InChI is InChI=1S/C33H48O9/c1-21-13-14-25(32(35)37-2)26(15-21)33(36)42-31(34)20-39-23-11-8-10-22(16-23)9-6-4-3-5-7-12-27-29(40-27)18-30-28(41-30)17-24-19-38-24/h8,10-11,16,21,24-31,34H,3-7,9,12-15,17-20H2,1-2H3. The summed E-state index contributed by atoms with van der Waals surface area (Å²) in [6.07, 6.45) is 12.8. The number of aryl methyl sites for hydroxylation is 1. The van der Waals surface area contributed by atoms with E-state index in [2.05, 4.69) is 6.07 Å². The molecule has 4 aliphatic rings. The Hall–Kier alpha value is -2.20. The minimum atomic E-state index is -1.41. The van der Waals surface area contributed by atoms with Gasteiger partial charge in [-0.15, -0.1) is 0 Å². The van der Waals surface area contributed by atoms with Crippen LogP contribution >= 0.6 is 0 Å². The average Bonchev–Trinajstić information content (AvgIpc) is 3.90. The van der Waals surface area contributed by atoms with Crippen molar-refractivity contribution in [3.05, 3.63) is 29.8 Å². The van der Waals surface area contributed by atoms with Crippen LogP contribution in [0.15, 0.2) is 24.3 Å². The van der Waals surface area contributed by atoms with Gasteiger partial charge >= 0.3 is 11.9 Å². The number of carbonyl (C=O) groups is 2. The largest absolute Gasteiger partial charge is 0.487 e. The highest BCUT2D eigenvalue weighted by atomic mass is 16.7. The smallest absolute Gasteiger partial charge is 0.312 e. The topological polar surface area (TPSA) is 120 Å². The molecule has 0 spiro atoms. The second-order valence-electron chi connectivity index (χ2n) is 12.7. The Bertz CT molecular complexity index is 1030. The molecule has 0 bridgehead atoms. The van der Waals surface area contributed by atoms with E-state index < -0.39 is 30.1 Å². The van der Waals surface area contributed by atoms with E-state index in [-0.39, 0.29) is 6.61 Å². The number of carbonyl (C=O) groups excluding carboxylic acids is 2. The van der Waals surface area contributed by atoms with Crippen LogP contribution in [0.1, 0.15) is 83.1 Å². The molecule has 1 saturated carbocycles. The highest BCUT2D eigenvalue weighted by Gasteiger charge is 2.49. The van der Waals surface area contributed by atoms with Crippen molar-refractivity contribution < 1.29 is 43.1 Å². The van der Waals surface area contributed by atoms with E-state index in [1.165, 1.54) is 38.4 Å². The second kappa shape index (κ2) is 15.0. The lowest BCUT2D eigenvalue weighted by Crippen LogP contribution is -2.39. The predicted octanol–water partition coefficient (Wildman–Crippen LogP) is 4.75. The Labute approximate surface area is 249 Å². The first-order valence-electron chi connectivity index (χ1n) is 16.0. The number of ether oxygens (including phenoxy) is 6. The molecular weight excluding hydrogens is 540 g/mol. The predicted molar refractivity (Wildman–Crippen MR) is 154 cm³/mol. The van der Waals surface area contributed by atoms with Crippen LogP contribution in [0.5, 0.6) is 5.75 Å². The summed E-state index contributed by atoms with van der Waals surface area (Å²) in [7, 11) is 1.33. The number of aliphatic hydroxyl groups is 1. The van der Waals surface area contributed by atoms with Gasteiger partial charge in [-0.05, 0) is 62.1 Å². The van der Waals surface area contributed by atoms with Crippen LogP contribution in [0.2, 0.25) is 0 Å². The number of aliphatic hydroxyl groups excluding tert-OH is 1. The molecular formula is C33H48O9. The second-order valence-corrected chi connectivity index (χ2v) is 12.7. The summed E-state index contributed by atoms with van der Waals surface area (Å²) in [5, 5.41) is 10.3. The molecule has 1 aromatic rings. The van der Waals surface area contributed by atoms with Gasteiger partial charge in [-0.3, -0.25) is 9.59 Å². The first kappa shape index (κ1) is 31.2. The minimum absolute atomic E-state index is 0.171. The van der Waals surface area contributed by atoms with Gasteiger partial charge in [-0.1, -0.05) is 44.7 Å². The van der Waals surface area contributed by atoms with Crippen molar-refractivity contribution in [1.82, 2.24) is 0 Å². The van der Waals surface area contributed by atoms with Crippen LogP contribution < -0.4 is 4.74 Å². The number of rotatable bonds is 18. The molecule has 9 atom stereocenters. The summed E-state index contributed by atoms with van der Waals surface area (Å²) in [6.45, 7) is 2.78. The fourth-order valence-electron chi connectivity index (χ4n) is 6.42. The van der Waals surface area contributed by atoms with Gasteiger partial charge in [-0.25, -0.2) is 0 Å². The van der Waals surface area contributed by atoms with Crippen LogP contribution in [0.25, 0.3) is 0 Å². The fourth-order valence-corrected chi connectivity index (χ4v) is 6.42. The molecule has 1 N–H and O–H groups in total. The van der Waals surface area contributed by atoms with Crippen LogP contribution in [0.3, 0.4) is 0 Å². The Morgan fingerprint density at radius 3 is 2.50 bits per heavy atom. The van der Waals surface area contributed by atoms with Crippen LogP contribution in [0, 0.1) is 17.8 Å². The molecule has 234 valence electrons. The summed E-state index contributed by atoms with van der Waals surface area (Å²) >= 11 is 0. The Morgan fingerprint density at radius 1 is 0.952 bits per heavy atom. The zero-order valence-corrected chi connectivity index (χ0v) is 25.1. The number of unbranched alkanes of at least 4 members (excludes halogenated alkanes) is 4. The van der Waals surface area contributed by atoms with E-state index in [9.17, 15) is 14.7 Å². The number of methoxy groups -OCH3 is 1. The lowest BCUT2D eigenvalue weighted by atomic mass is 9.74. The number of hydrogen-bond acceptors (Lipinski definition) is 9. The molecule has 9 nitrogen and oxygen atoms in total. The van der Waals surface area contributed by atoms with Gasteiger partial charge in [0.15, 0.2) is 6.61 Å². The van der Waals surface area contributed by atoms with Gasteiger partial charge in [0, 0.05) is 12.8 Å². The van der Waals surface area contributed by atoms with Gasteiger partial charge in [0.1, 0.15) is 5.75 Å². The van der Waals surface area contributed by atoms with E-state index in [1.807, 2.05) is 25.1 Å². The molecule has 0 aromatic heterocycles. The average molecular weight is 589 g/mol. The van der Waals surface area contributed by atoms with Gasteiger partial charge < -0.3 is 33.5 Å². The van der Waals surface area contributed by atoms with E-state index in [0.29, 0.717) is 55.0 Å². The molecule has 0 radical (unpaired) electrons. The van der Waals surface area contributed by atoms with Crippen molar-refractivity contribution in [3.63, 3.8) is 0 Å². The van der Waals surface area contributed by atoms with Crippen molar-refractivity contribution in [2.24, 2.45) is 17.8 Å². The summed E-state index contributed by atoms with van der Waals surface area (Å²) < 4.78 is 32.7. The van der Waals surface area contributed by atoms with E-state index in [1.54, 1.807) is 0 Å². The molecule has 4 fully saturated rings. The van der Waals surface area contributed by atoms with Crippen LogP contribution in [-0.4, -0.2) is 74.2 Å². The van der Waals surface area contributed by atoms with Gasteiger partial charge in [0.05, 0.1) is 56.1 Å². The van der Waals surface area contributed by atoms with E-state index in [0.717, 1.165) is 45.1 Å². The molecule has 0 amide bonds. The highest BCUT2D eigenvalue weighted by Crippen LogP contribution is 2.40. The summed E-state index contributed by atoms with van der Waals surface area (Å²) in [6, 6.07) is 7.82. The summed E-state index contributed by atoms with van der Waals surface area (Å²) in [4.78, 5) is 24.9. The van der Waals surface area contributed by atoms with E-state index >= 15 is 0 Å². The maximum Gasteiger partial charge on any atom is 0.312 e. The zero-order valence-electron chi connectivity index (χ0n) is 25.1. The van der Waals surface area contributed by atoms with Crippen molar-refractivity contribution in [2.45, 2.75) is 121 Å². The number of esters is 2. The Balaban J connectivity index is 0.907. The fraction of sp³-hybridized carbons (Fsp3) is 0.758. The quantitative estimate of drug-likeness (QED) is 0.112. The summed E-state index contributed by atoms with van der Waals surface area (Å²) in [5.41, 5.74) is 1.18. The van der Waals surface area contributed by atoms with Gasteiger partial charge in [-0.2, -0.15) is 0 Å². The van der Waals surface area contributed by atoms with Crippen molar-refractivity contribution >= 4 is 11.9 Å². The Kier molecular flexibility index (Phi) is 11.2. The van der Waals surface area contributed by atoms with Crippen molar-refractivity contribution in [3.8, 4) is 5.75 Å². The molecule has 42 heavy (non-hydrogen) atoms. The first-order valence-corrected chi connectivity index (χ1v) is 16.0. The van der Waals surface area contributed by atoms with Crippen LogP contribution in [0.4, 0.5) is 0 Å². The van der Waals surface area contributed by atoms with Crippen molar-refractivity contribution in [2.75, 3.05) is 20.3 Å². The van der Waals surface area contributed by atoms with Crippen molar-refractivity contribution in [1.29, 1.82) is 0 Å². The molecule has 9 heteroatoms. The normalized spacial score (nSPS) is 32.1. The lowest BCUT2D eigenvalue weighted by molar-refractivity contribution is -0.184. The minimum Gasteiger partial charge on any atom is -0.487 e. The molecule has 1 aromatic carbocycles.